The zero-order valence-corrected chi connectivity index (χ0v) is 16.3. The van der Waals surface area contributed by atoms with Crippen LogP contribution in [0.25, 0.3) is 0 Å². The van der Waals surface area contributed by atoms with E-state index in [4.69, 9.17) is 11.6 Å². The number of benzene rings is 1. The third-order valence-electron chi connectivity index (χ3n) is 4.20. The molecule has 2 aromatic rings. The lowest BCUT2D eigenvalue weighted by Crippen LogP contribution is -2.37. The molecule has 2 heterocycles. The lowest BCUT2D eigenvalue weighted by atomic mass is 9.99. The van der Waals surface area contributed by atoms with E-state index in [1.807, 2.05) is 12.3 Å². The van der Waals surface area contributed by atoms with Crippen molar-refractivity contribution in [3.8, 4) is 5.75 Å². The molecule has 1 aliphatic heterocycles. The minimum Gasteiger partial charge on any atom is -0.433 e. The summed E-state index contributed by atoms with van der Waals surface area (Å²) in [5.41, 5.74) is 0.973. The van der Waals surface area contributed by atoms with Crippen LogP contribution in [0.5, 0.6) is 5.75 Å². The Morgan fingerprint density at radius 2 is 2.04 bits per heavy atom. The maximum atomic E-state index is 12.8. The molecule has 0 unspecified atom stereocenters. The van der Waals surface area contributed by atoms with Gasteiger partial charge in [0.05, 0.1) is 14.9 Å². The van der Waals surface area contributed by atoms with Gasteiger partial charge in [-0.2, -0.15) is 13.1 Å². The van der Waals surface area contributed by atoms with Gasteiger partial charge in [0, 0.05) is 30.1 Å². The fourth-order valence-electron chi connectivity index (χ4n) is 2.89. The molecular formula is C16H17ClF2N2O3S2. The van der Waals surface area contributed by atoms with Gasteiger partial charge < -0.3 is 4.74 Å². The Labute approximate surface area is 159 Å². The normalized spacial score (nSPS) is 17.0. The van der Waals surface area contributed by atoms with Crippen LogP contribution >= 0.6 is 22.9 Å². The van der Waals surface area contributed by atoms with Crippen LogP contribution in [0.2, 0.25) is 5.02 Å². The van der Waals surface area contributed by atoms with E-state index in [2.05, 4.69) is 9.72 Å². The number of aromatic nitrogens is 1. The van der Waals surface area contributed by atoms with Crippen LogP contribution in [-0.2, 0) is 10.0 Å². The molecule has 0 atom stereocenters. The number of aryl methyl sites for hydroxylation is 1. The first-order valence-electron chi connectivity index (χ1n) is 7.94. The van der Waals surface area contributed by atoms with Crippen LogP contribution in [0.1, 0.15) is 29.5 Å². The molecule has 142 valence electrons. The van der Waals surface area contributed by atoms with Crippen molar-refractivity contribution in [1.82, 2.24) is 9.29 Å². The van der Waals surface area contributed by atoms with E-state index in [0.29, 0.717) is 25.9 Å². The van der Waals surface area contributed by atoms with Crippen molar-refractivity contribution >= 4 is 33.0 Å². The van der Waals surface area contributed by atoms with Gasteiger partial charge in [0.15, 0.2) is 0 Å². The number of thiazole rings is 1. The highest BCUT2D eigenvalue weighted by molar-refractivity contribution is 7.89. The minimum absolute atomic E-state index is 0.0346. The molecule has 0 N–H and O–H groups in total. The van der Waals surface area contributed by atoms with Crippen molar-refractivity contribution in [2.75, 3.05) is 13.1 Å². The number of alkyl halides is 2. The first-order valence-corrected chi connectivity index (χ1v) is 10.6. The monoisotopic (exact) mass is 422 g/mol. The van der Waals surface area contributed by atoms with Crippen molar-refractivity contribution in [2.45, 2.75) is 37.2 Å². The highest BCUT2D eigenvalue weighted by Crippen LogP contribution is 2.34. The summed E-state index contributed by atoms with van der Waals surface area (Å²) in [6.07, 6.45) is 1.37. The maximum Gasteiger partial charge on any atom is 0.387 e. The second-order valence-corrected chi connectivity index (χ2v) is 9.21. The maximum absolute atomic E-state index is 12.8. The largest absolute Gasteiger partial charge is 0.433 e. The summed E-state index contributed by atoms with van der Waals surface area (Å²) in [4.78, 5) is 4.45. The first kappa shape index (κ1) is 19.5. The van der Waals surface area contributed by atoms with E-state index < -0.39 is 16.6 Å². The zero-order chi connectivity index (χ0) is 18.9. The Hall–Kier alpha value is -1.29. The minimum atomic E-state index is -3.74. The summed E-state index contributed by atoms with van der Waals surface area (Å²) in [6.45, 7) is -0.342. The van der Waals surface area contributed by atoms with Gasteiger partial charge in [-0.25, -0.2) is 13.4 Å². The van der Waals surface area contributed by atoms with Crippen molar-refractivity contribution in [3.05, 3.63) is 39.3 Å². The summed E-state index contributed by atoms with van der Waals surface area (Å²) in [7, 11) is -3.74. The molecular weight excluding hydrogens is 406 g/mol. The molecule has 0 bridgehead atoms. The van der Waals surface area contributed by atoms with Crippen molar-refractivity contribution in [1.29, 1.82) is 0 Å². The molecule has 10 heteroatoms. The number of piperidine rings is 1. The zero-order valence-electron chi connectivity index (χ0n) is 13.9. The van der Waals surface area contributed by atoms with Gasteiger partial charge in [0.1, 0.15) is 5.75 Å². The molecule has 1 aromatic carbocycles. The molecule has 0 aliphatic carbocycles. The smallest absolute Gasteiger partial charge is 0.387 e. The Morgan fingerprint density at radius 3 is 2.58 bits per heavy atom. The summed E-state index contributed by atoms with van der Waals surface area (Å²) in [5.74, 6) is 0.00372. The second kappa shape index (κ2) is 7.75. The molecule has 26 heavy (non-hydrogen) atoms. The standard InChI is InChI=1S/C16H17ClF2N2O3S2/c1-10-9-25-15(20-10)11-4-6-21(7-5-11)26(22,23)12-2-3-14(13(17)8-12)24-16(18)19/h2-3,8-9,11,16H,4-7H2,1H3. The van der Waals surface area contributed by atoms with Gasteiger partial charge in [-0.3, -0.25) is 0 Å². The SMILES string of the molecule is Cc1csc(C2CCN(S(=O)(=O)c3ccc(OC(F)F)c(Cl)c3)CC2)n1. The summed E-state index contributed by atoms with van der Waals surface area (Å²) >= 11 is 7.47. The van der Waals surface area contributed by atoms with Gasteiger partial charge in [-0.05, 0) is 38.0 Å². The number of halogens is 3. The quantitative estimate of drug-likeness (QED) is 0.721. The lowest BCUT2D eigenvalue weighted by molar-refractivity contribution is -0.0498. The second-order valence-electron chi connectivity index (χ2n) is 5.98. The van der Waals surface area contributed by atoms with Crippen LogP contribution in [0, 0.1) is 6.92 Å². The van der Waals surface area contributed by atoms with E-state index in [0.717, 1.165) is 22.8 Å². The predicted octanol–water partition coefficient (Wildman–Crippen LogP) is 4.27. The highest BCUT2D eigenvalue weighted by atomic mass is 35.5. The predicted molar refractivity (Wildman–Crippen MR) is 95.7 cm³/mol. The van der Waals surface area contributed by atoms with E-state index in [9.17, 15) is 17.2 Å². The van der Waals surface area contributed by atoms with Gasteiger partial charge in [-0.15, -0.1) is 11.3 Å². The number of sulfonamides is 1. The molecule has 1 saturated heterocycles. The Balaban J connectivity index is 1.72. The number of hydrogen-bond acceptors (Lipinski definition) is 5. The third-order valence-corrected chi connectivity index (χ3v) is 7.51. The number of hydrogen-bond donors (Lipinski definition) is 0. The van der Waals surface area contributed by atoms with Crippen molar-refractivity contribution in [3.63, 3.8) is 0 Å². The molecule has 0 spiro atoms. The van der Waals surface area contributed by atoms with Crippen LogP contribution in [0.4, 0.5) is 8.78 Å². The summed E-state index contributed by atoms with van der Waals surface area (Å²) in [5, 5.41) is 2.86. The Bertz CT molecular complexity index is 881. The van der Waals surface area contributed by atoms with E-state index >= 15 is 0 Å². The van der Waals surface area contributed by atoms with Crippen molar-refractivity contribution in [2.24, 2.45) is 0 Å². The Kier molecular flexibility index (Phi) is 5.81. The topological polar surface area (TPSA) is 59.5 Å². The van der Waals surface area contributed by atoms with Crippen LogP contribution in [0.15, 0.2) is 28.5 Å². The Morgan fingerprint density at radius 1 is 1.35 bits per heavy atom. The van der Waals surface area contributed by atoms with Crippen LogP contribution in [0.3, 0.4) is 0 Å². The fraction of sp³-hybridized carbons (Fsp3) is 0.438. The van der Waals surface area contributed by atoms with E-state index in [1.165, 1.54) is 10.4 Å². The molecule has 1 aromatic heterocycles. The molecule has 0 amide bonds. The van der Waals surface area contributed by atoms with Gasteiger partial charge in [0.25, 0.3) is 0 Å². The van der Waals surface area contributed by atoms with E-state index in [-0.39, 0.29) is 21.6 Å². The number of ether oxygens (including phenoxy) is 1. The first-order chi connectivity index (χ1) is 12.3. The number of nitrogens with zero attached hydrogens (tertiary/aromatic N) is 2. The van der Waals surface area contributed by atoms with Gasteiger partial charge in [-0.1, -0.05) is 11.6 Å². The van der Waals surface area contributed by atoms with Crippen molar-refractivity contribution < 1.29 is 21.9 Å². The van der Waals surface area contributed by atoms with E-state index in [1.54, 1.807) is 11.3 Å². The van der Waals surface area contributed by atoms with Crippen LogP contribution < -0.4 is 4.74 Å². The molecule has 3 rings (SSSR count). The average molecular weight is 423 g/mol. The average Bonchev–Trinajstić information content (AvgIpc) is 3.03. The van der Waals surface area contributed by atoms with Crippen LogP contribution in [-0.4, -0.2) is 37.4 Å². The molecule has 0 saturated carbocycles. The molecule has 0 radical (unpaired) electrons. The van der Waals surface area contributed by atoms with Gasteiger partial charge >= 0.3 is 6.61 Å². The molecule has 5 nitrogen and oxygen atoms in total. The fourth-order valence-corrected chi connectivity index (χ4v) is 5.64. The highest BCUT2D eigenvalue weighted by Gasteiger charge is 2.31. The van der Waals surface area contributed by atoms with Gasteiger partial charge in [0.2, 0.25) is 10.0 Å². The summed E-state index contributed by atoms with van der Waals surface area (Å²) in [6, 6.07) is 3.52. The lowest BCUT2D eigenvalue weighted by Gasteiger charge is -2.30. The molecule has 1 fully saturated rings. The summed E-state index contributed by atoms with van der Waals surface area (Å²) < 4.78 is 55.8. The third kappa shape index (κ3) is 4.16. The molecule has 1 aliphatic rings. The number of rotatable bonds is 5.